The molecule has 138 valence electrons. The third kappa shape index (κ3) is 4.57. The summed E-state index contributed by atoms with van der Waals surface area (Å²) in [6.45, 7) is 3.82. The molecule has 10 heteroatoms. The summed E-state index contributed by atoms with van der Waals surface area (Å²) in [6.07, 6.45) is 0. The van der Waals surface area contributed by atoms with Gasteiger partial charge in [-0.3, -0.25) is 4.55 Å². The van der Waals surface area contributed by atoms with Gasteiger partial charge in [-0.2, -0.15) is 8.42 Å². The van der Waals surface area contributed by atoms with E-state index >= 15 is 0 Å². The number of carboxylic acid groups (broad SMARTS) is 1. The molecule has 0 bridgehead atoms. The summed E-state index contributed by atoms with van der Waals surface area (Å²) in [5.74, 6) is -1.36. The summed E-state index contributed by atoms with van der Waals surface area (Å²) < 4.78 is 31.6. The van der Waals surface area contributed by atoms with Gasteiger partial charge in [0.1, 0.15) is 0 Å². The van der Waals surface area contributed by atoms with Crippen LogP contribution in [0, 0.1) is 6.92 Å². The predicted molar refractivity (Wildman–Crippen MR) is 96.9 cm³/mol. The van der Waals surface area contributed by atoms with Gasteiger partial charge in [0.15, 0.2) is 0 Å². The quantitative estimate of drug-likeness (QED) is 0.429. The number of nitrogens with zero attached hydrogens (tertiary/aromatic N) is 3. The van der Waals surface area contributed by atoms with Gasteiger partial charge in [-0.05, 0) is 49.7 Å². The number of anilines is 1. The van der Waals surface area contributed by atoms with Gasteiger partial charge in [-0.1, -0.05) is 22.9 Å². The average Bonchev–Trinajstić information content (AvgIpc) is 2.57. The molecule has 0 radical (unpaired) electrons. The standard InChI is InChI=1S/C16H16ClN3O5S/c1-3-20(19-18-14-8-11(17)5-4-10(14)2)15-7-6-12(26(23,24)25)9-13(15)16(21)22/h4-9H,3H2,1-2H3,(H,21,22)(H,23,24,25). The fourth-order valence-electron chi connectivity index (χ4n) is 2.15. The van der Waals surface area contributed by atoms with Gasteiger partial charge in [0.2, 0.25) is 0 Å². The van der Waals surface area contributed by atoms with Crippen LogP contribution in [0.4, 0.5) is 11.4 Å². The third-order valence-electron chi connectivity index (χ3n) is 3.51. The molecule has 2 N–H and O–H groups in total. The number of carbonyl (C=O) groups is 1. The molecule has 8 nitrogen and oxygen atoms in total. The number of halogens is 1. The molecular formula is C16H16ClN3O5S. The smallest absolute Gasteiger partial charge is 0.337 e. The molecule has 26 heavy (non-hydrogen) atoms. The third-order valence-corrected chi connectivity index (χ3v) is 4.59. The van der Waals surface area contributed by atoms with Crippen molar-refractivity contribution in [3.63, 3.8) is 0 Å². The van der Waals surface area contributed by atoms with Crippen LogP contribution < -0.4 is 5.01 Å². The molecule has 0 atom stereocenters. The Kier molecular flexibility index (Phi) is 5.96. The van der Waals surface area contributed by atoms with Crippen molar-refractivity contribution in [1.29, 1.82) is 0 Å². The number of rotatable bonds is 6. The Morgan fingerprint density at radius 3 is 2.50 bits per heavy atom. The van der Waals surface area contributed by atoms with Crippen molar-refractivity contribution in [2.75, 3.05) is 11.6 Å². The molecule has 2 aromatic carbocycles. The van der Waals surface area contributed by atoms with Gasteiger partial charge >= 0.3 is 5.97 Å². The largest absolute Gasteiger partial charge is 0.478 e. The lowest BCUT2D eigenvalue weighted by Gasteiger charge is -2.18. The van der Waals surface area contributed by atoms with Gasteiger partial charge in [-0.15, -0.1) is 5.11 Å². The lowest BCUT2D eigenvalue weighted by molar-refractivity contribution is 0.0697. The van der Waals surface area contributed by atoms with E-state index < -0.39 is 21.0 Å². The van der Waals surface area contributed by atoms with E-state index in [2.05, 4.69) is 10.3 Å². The van der Waals surface area contributed by atoms with Crippen LogP contribution in [-0.2, 0) is 10.1 Å². The first-order valence-electron chi connectivity index (χ1n) is 7.43. The zero-order valence-electron chi connectivity index (χ0n) is 13.9. The molecule has 0 spiro atoms. The van der Waals surface area contributed by atoms with Crippen molar-refractivity contribution in [2.24, 2.45) is 10.3 Å². The van der Waals surface area contributed by atoms with E-state index in [0.717, 1.165) is 17.7 Å². The number of carboxylic acids is 1. The van der Waals surface area contributed by atoms with Gasteiger partial charge in [0.25, 0.3) is 10.1 Å². The topological polar surface area (TPSA) is 120 Å². The lowest BCUT2D eigenvalue weighted by Crippen LogP contribution is -2.18. The van der Waals surface area contributed by atoms with Crippen LogP contribution >= 0.6 is 11.6 Å². The van der Waals surface area contributed by atoms with Crippen LogP contribution in [0.15, 0.2) is 51.6 Å². The number of aromatic carboxylic acids is 1. The summed E-state index contributed by atoms with van der Waals surface area (Å²) in [7, 11) is -4.52. The molecule has 0 aliphatic heterocycles. The van der Waals surface area contributed by atoms with Crippen molar-refractivity contribution in [3.8, 4) is 0 Å². The molecule has 0 aromatic heterocycles. The van der Waals surface area contributed by atoms with E-state index in [0.29, 0.717) is 10.7 Å². The number of aryl methyl sites for hydroxylation is 1. The van der Waals surface area contributed by atoms with Gasteiger partial charge in [0.05, 0.1) is 21.8 Å². The summed E-state index contributed by atoms with van der Waals surface area (Å²) >= 11 is 5.94. The van der Waals surface area contributed by atoms with Crippen LogP contribution in [0.2, 0.25) is 5.02 Å². The molecule has 0 heterocycles. The Morgan fingerprint density at radius 2 is 1.92 bits per heavy atom. The summed E-state index contributed by atoms with van der Waals surface area (Å²) in [6, 6.07) is 8.32. The summed E-state index contributed by atoms with van der Waals surface area (Å²) in [5, 5.41) is 19.3. The average molecular weight is 398 g/mol. The van der Waals surface area contributed by atoms with Crippen LogP contribution in [0.25, 0.3) is 0 Å². The van der Waals surface area contributed by atoms with E-state index in [4.69, 9.17) is 16.2 Å². The molecule has 0 saturated carbocycles. The van der Waals surface area contributed by atoms with E-state index in [1.807, 2.05) is 6.92 Å². The molecule has 0 aliphatic carbocycles. The number of benzene rings is 2. The van der Waals surface area contributed by atoms with Crippen molar-refractivity contribution in [2.45, 2.75) is 18.7 Å². The number of hydrogen-bond donors (Lipinski definition) is 2. The first kappa shape index (κ1) is 19.8. The zero-order valence-corrected chi connectivity index (χ0v) is 15.5. The first-order chi connectivity index (χ1) is 12.1. The SMILES string of the molecule is CCN(N=Nc1cc(Cl)ccc1C)c1ccc(S(=O)(=O)O)cc1C(=O)O. The Bertz CT molecular complexity index is 976. The highest BCUT2D eigenvalue weighted by molar-refractivity contribution is 7.85. The van der Waals surface area contributed by atoms with Gasteiger partial charge in [0, 0.05) is 11.6 Å². The van der Waals surface area contributed by atoms with E-state index in [9.17, 15) is 18.3 Å². The highest BCUT2D eigenvalue weighted by Gasteiger charge is 2.20. The van der Waals surface area contributed by atoms with Crippen LogP contribution in [0.3, 0.4) is 0 Å². The summed E-state index contributed by atoms with van der Waals surface area (Å²) in [4.78, 5) is 11.0. The van der Waals surface area contributed by atoms with E-state index in [1.165, 1.54) is 11.1 Å². The normalized spacial score (nSPS) is 11.7. The highest BCUT2D eigenvalue weighted by Crippen LogP contribution is 2.27. The monoisotopic (exact) mass is 397 g/mol. The molecule has 0 aliphatic rings. The molecule has 0 unspecified atom stereocenters. The maximum absolute atomic E-state index is 11.5. The first-order valence-corrected chi connectivity index (χ1v) is 9.25. The highest BCUT2D eigenvalue weighted by atomic mass is 35.5. The maximum Gasteiger partial charge on any atom is 0.337 e. The molecule has 0 saturated heterocycles. The second kappa shape index (κ2) is 7.81. The van der Waals surface area contributed by atoms with E-state index in [1.54, 1.807) is 25.1 Å². The minimum absolute atomic E-state index is 0.135. The van der Waals surface area contributed by atoms with Crippen molar-refractivity contribution in [3.05, 3.63) is 52.5 Å². The predicted octanol–water partition coefficient (Wildman–Crippen LogP) is 4.12. The number of hydrogen-bond acceptors (Lipinski definition) is 5. The fraction of sp³-hybridized carbons (Fsp3) is 0.188. The molecule has 2 aromatic rings. The van der Waals surface area contributed by atoms with Crippen molar-refractivity contribution in [1.82, 2.24) is 0 Å². The molecule has 2 rings (SSSR count). The van der Waals surface area contributed by atoms with Crippen LogP contribution in [0.5, 0.6) is 0 Å². The van der Waals surface area contributed by atoms with Crippen LogP contribution in [-0.4, -0.2) is 30.6 Å². The van der Waals surface area contributed by atoms with Crippen molar-refractivity contribution < 1.29 is 22.9 Å². The Morgan fingerprint density at radius 1 is 1.23 bits per heavy atom. The Hall–Kier alpha value is -2.49. The van der Waals surface area contributed by atoms with E-state index in [-0.39, 0.29) is 17.8 Å². The second-order valence-electron chi connectivity index (χ2n) is 5.30. The second-order valence-corrected chi connectivity index (χ2v) is 7.15. The minimum Gasteiger partial charge on any atom is -0.478 e. The lowest BCUT2D eigenvalue weighted by atomic mass is 10.1. The fourth-order valence-corrected chi connectivity index (χ4v) is 2.82. The molecule has 0 fully saturated rings. The minimum atomic E-state index is -4.52. The van der Waals surface area contributed by atoms with Gasteiger partial charge in [-0.25, -0.2) is 9.80 Å². The summed E-state index contributed by atoms with van der Waals surface area (Å²) in [5.41, 5.74) is 1.15. The van der Waals surface area contributed by atoms with Crippen molar-refractivity contribution >= 4 is 39.1 Å². The molecular weight excluding hydrogens is 382 g/mol. The zero-order chi connectivity index (χ0) is 19.5. The maximum atomic E-state index is 11.5. The Balaban J connectivity index is 2.48. The Labute approximate surface area is 155 Å². The van der Waals surface area contributed by atoms with Gasteiger partial charge < -0.3 is 5.11 Å². The van der Waals surface area contributed by atoms with Crippen LogP contribution in [0.1, 0.15) is 22.8 Å². The molecule has 0 amide bonds.